The summed E-state index contributed by atoms with van der Waals surface area (Å²) in [6.45, 7) is 5.47. The smallest absolute Gasteiger partial charge is 0.225 e. The van der Waals surface area contributed by atoms with Gasteiger partial charge in [0.2, 0.25) is 5.91 Å². The van der Waals surface area contributed by atoms with Gasteiger partial charge in [-0.05, 0) is 55.8 Å². The summed E-state index contributed by atoms with van der Waals surface area (Å²) in [5, 5.41) is 0.758. The summed E-state index contributed by atoms with van der Waals surface area (Å²) in [4.78, 5) is 19.4. The normalized spacial score (nSPS) is 18.8. The van der Waals surface area contributed by atoms with Crippen molar-refractivity contribution < 1.29 is 9.18 Å². The highest BCUT2D eigenvalue weighted by atomic mass is 35.5. The highest BCUT2D eigenvalue weighted by molar-refractivity contribution is 6.30. The molecule has 154 valence electrons. The Morgan fingerprint density at radius 1 is 0.931 bits per heavy atom. The quantitative estimate of drug-likeness (QED) is 0.754. The number of benzene rings is 2. The number of halogens is 2. The maximum Gasteiger partial charge on any atom is 0.225 e. The average molecular weight is 416 g/mol. The lowest BCUT2D eigenvalue weighted by Crippen LogP contribution is -2.51. The molecule has 0 aliphatic carbocycles. The fourth-order valence-electron chi connectivity index (χ4n) is 4.32. The molecule has 0 saturated carbocycles. The number of amides is 1. The fraction of sp³-hybridized carbons (Fsp3) is 0.435. The van der Waals surface area contributed by atoms with Crippen molar-refractivity contribution in [3.63, 3.8) is 0 Å². The van der Waals surface area contributed by atoms with Gasteiger partial charge in [0.05, 0.1) is 5.69 Å². The van der Waals surface area contributed by atoms with Crippen LogP contribution in [0, 0.1) is 11.7 Å². The summed E-state index contributed by atoms with van der Waals surface area (Å²) in [5.41, 5.74) is 1.89. The molecular weight excluding hydrogens is 389 g/mol. The van der Waals surface area contributed by atoms with E-state index in [1.54, 1.807) is 6.07 Å². The fourth-order valence-corrected chi connectivity index (χ4v) is 4.45. The van der Waals surface area contributed by atoms with Gasteiger partial charge < -0.3 is 9.80 Å². The molecule has 0 N–H and O–H groups in total. The minimum atomic E-state index is -0.194. The van der Waals surface area contributed by atoms with E-state index in [4.69, 9.17) is 11.6 Å². The Bertz CT molecular complexity index is 828. The molecule has 0 bridgehead atoms. The molecule has 2 aromatic carbocycles. The molecule has 1 amide bonds. The van der Waals surface area contributed by atoms with E-state index in [1.165, 1.54) is 11.6 Å². The van der Waals surface area contributed by atoms with Gasteiger partial charge >= 0.3 is 0 Å². The van der Waals surface area contributed by atoms with Crippen molar-refractivity contribution in [1.29, 1.82) is 0 Å². The van der Waals surface area contributed by atoms with Gasteiger partial charge in [-0.25, -0.2) is 4.39 Å². The lowest BCUT2D eigenvalue weighted by molar-refractivity contribution is -0.137. The molecule has 6 heteroatoms. The molecule has 0 radical (unpaired) electrons. The zero-order chi connectivity index (χ0) is 20.2. The van der Waals surface area contributed by atoms with E-state index in [2.05, 4.69) is 17.0 Å². The number of piperidine rings is 1. The molecule has 4 rings (SSSR count). The van der Waals surface area contributed by atoms with Crippen LogP contribution < -0.4 is 4.90 Å². The van der Waals surface area contributed by atoms with Crippen LogP contribution >= 0.6 is 11.6 Å². The second kappa shape index (κ2) is 9.14. The Morgan fingerprint density at radius 3 is 2.24 bits per heavy atom. The number of nitrogens with zero attached hydrogens (tertiary/aromatic N) is 3. The first-order chi connectivity index (χ1) is 14.1. The predicted molar refractivity (Wildman–Crippen MR) is 115 cm³/mol. The zero-order valence-corrected chi connectivity index (χ0v) is 17.3. The lowest BCUT2D eigenvalue weighted by atomic mass is 9.94. The lowest BCUT2D eigenvalue weighted by Gasteiger charge is -2.39. The maximum atomic E-state index is 14.0. The van der Waals surface area contributed by atoms with Gasteiger partial charge in [0.25, 0.3) is 0 Å². The molecule has 29 heavy (non-hydrogen) atoms. The van der Waals surface area contributed by atoms with E-state index in [0.29, 0.717) is 31.9 Å². The van der Waals surface area contributed by atoms with Crippen LogP contribution in [0.5, 0.6) is 0 Å². The molecule has 0 atom stereocenters. The molecule has 0 unspecified atom stereocenters. The Kier molecular flexibility index (Phi) is 6.36. The van der Waals surface area contributed by atoms with Crippen LogP contribution in [-0.4, -0.2) is 55.0 Å². The third-order valence-electron chi connectivity index (χ3n) is 6.04. The molecule has 2 aromatic rings. The second-order valence-corrected chi connectivity index (χ2v) is 8.38. The monoisotopic (exact) mass is 415 g/mol. The third kappa shape index (κ3) is 4.90. The van der Waals surface area contributed by atoms with Crippen LogP contribution in [0.2, 0.25) is 5.02 Å². The van der Waals surface area contributed by atoms with Gasteiger partial charge in [0, 0.05) is 43.7 Å². The highest BCUT2D eigenvalue weighted by Crippen LogP contribution is 2.24. The Hall–Kier alpha value is -2.11. The molecule has 2 aliphatic rings. The first kappa shape index (κ1) is 20.2. The molecular formula is C23H27ClFN3O. The second-order valence-electron chi connectivity index (χ2n) is 7.94. The van der Waals surface area contributed by atoms with Crippen molar-refractivity contribution in [2.45, 2.75) is 19.4 Å². The van der Waals surface area contributed by atoms with E-state index in [1.807, 2.05) is 34.1 Å². The van der Waals surface area contributed by atoms with E-state index in [-0.39, 0.29) is 17.6 Å². The largest absolute Gasteiger partial charge is 0.366 e. The number of carbonyl (C=O) groups is 1. The van der Waals surface area contributed by atoms with Crippen molar-refractivity contribution in [2.75, 3.05) is 44.2 Å². The summed E-state index contributed by atoms with van der Waals surface area (Å²) in [6.07, 6.45) is 1.81. The van der Waals surface area contributed by atoms with Crippen LogP contribution in [0.1, 0.15) is 18.4 Å². The molecule has 2 aliphatic heterocycles. The van der Waals surface area contributed by atoms with Crippen molar-refractivity contribution in [3.05, 3.63) is 64.9 Å². The SMILES string of the molecule is O=C(C1CCN(Cc2ccc(Cl)cc2)CC1)N1CCN(c2ccccc2F)CC1. The van der Waals surface area contributed by atoms with Crippen molar-refractivity contribution in [1.82, 2.24) is 9.80 Å². The van der Waals surface area contributed by atoms with Gasteiger partial charge in [-0.2, -0.15) is 0 Å². The Labute approximate surface area is 176 Å². The van der Waals surface area contributed by atoms with Gasteiger partial charge in [-0.15, -0.1) is 0 Å². The van der Waals surface area contributed by atoms with Crippen LogP contribution in [0.3, 0.4) is 0 Å². The number of rotatable bonds is 4. The molecule has 0 aromatic heterocycles. The number of para-hydroxylation sites is 1. The summed E-state index contributed by atoms with van der Waals surface area (Å²) in [5.74, 6) is 0.182. The van der Waals surface area contributed by atoms with E-state index >= 15 is 0 Å². The summed E-state index contributed by atoms with van der Waals surface area (Å²) in [7, 11) is 0. The molecule has 4 nitrogen and oxygen atoms in total. The van der Waals surface area contributed by atoms with Crippen LogP contribution in [0.15, 0.2) is 48.5 Å². The zero-order valence-electron chi connectivity index (χ0n) is 16.6. The van der Waals surface area contributed by atoms with E-state index in [0.717, 1.165) is 37.5 Å². The van der Waals surface area contributed by atoms with Gasteiger partial charge in [0.1, 0.15) is 5.82 Å². The van der Waals surface area contributed by atoms with E-state index in [9.17, 15) is 9.18 Å². The highest BCUT2D eigenvalue weighted by Gasteiger charge is 2.30. The molecule has 0 spiro atoms. The average Bonchev–Trinajstić information content (AvgIpc) is 2.76. The third-order valence-corrected chi connectivity index (χ3v) is 6.29. The van der Waals surface area contributed by atoms with Crippen molar-refractivity contribution >= 4 is 23.2 Å². The van der Waals surface area contributed by atoms with Crippen molar-refractivity contribution in [2.24, 2.45) is 5.92 Å². The topological polar surface area (TPSA) is 26.8 Å². The standard InChI is InChI=1S/C23H27ClFN3O/c24-20-7-5-18(6-8-20)17-26-11-9-19(10-12-26)23(29)28-15-13-27(14-16-28)22-4-2-1-3-21(22)25/h1-8,19H,9-17H2. The first-order valence-corrected chi connectivity index (χ1v) is 10.7. The number of hydrogen-bond acceptors (Lipinski definition) is 3. The summed E-state index contributed by atoms with van der Waals surface area (Å²) < 4.78 is 14.0. The predicted octanol–water partition coefficient (Wildman–Crippen LogP) is 4.04. The van der Waals surface area contributed by atoms with Crippen LogP contribution in [0.4, 0.5) is 10.1 Å². The number of likely N-dealkylation sites (tertiary alicyclic amines) is 1. The minimum absolute atomic E-state index is 0.108. The first-order valence-electron chi connectivity index (χ1n) is 10.4. The maximum absolute atomic E-state index is 14.0. The molecule has 2 fully saturated rings. The summed E-state index contributed by atoms with van der Waals surface area (Å²) in [6, 6.07) is 14.8. The van der Waals surface area contributed by atoms with Crippen LogP contribution in [-0.2, 0) is 11.3 Å². The van der Waals surface area contributed by atoms with Gasteiger partial charge in [-0.3, -0.25) is 9.69 Å². The number of anilines is 1. The molecule has 2 heterocycles. The number of hydrogen-bond donors (Lipinski definition) is 0. The van der Waals surface area contributed by atoms with Crippen molar-refractivity contribution in [3.8, 4) is 0 Å². The van der Waals surface area contributed by atoms with Crippen LogP contribution in [0.25, 0.3) is 0 Å². The van der Waals surface area contributed by atoms with Gasteiger partial charge in [-0.1, -0.05) is 35.9 Å². The Morgan fingerprint density at radius 2 is 1.59 bits per heavy atom. The number of piperazine rings is 1. The molecule has 2 saturated heterocycles. The minimum Gasteiger partial charge on any atom is -0.366 e. The van der Waals surface area contributed by atoms with Gasteiger partial charge in [0.15, 0.2) is 0 Å². The Balaban J connectivity index is 1.25. The summed E-state index contributed by atoms with van der Waals surface area (Å²) >= 11 is 5.96. The number of carbonyl (C=O) groups excluding carboxylic acids is 1. The van der Waals surface area contributed by atoms with E-state index < -0.39 is 0 Å².